The van der Waals surface area contributed by atoms with Gasteiger partial charge in [0.25, 0.3) is 0 Å². The lowest BCUT2D eigenvalue weighted by atomic mass is 10.2. The topological polar surface area (TPSA) is 68.1 Å². The van der Waals surface area contributed by atoms with Gasteiger partial charge in [0.15, 0.2) is 5.13 Å². The van der Waals surface area contributed by atoms with Gasteiger partial charge in [-0.15, -0.1) is 11.3 Å². The summed E-state index contributed by atoms with van der Waals surface area (Å²) in [6, 6.07) is 4.30. The number of aromatic nitrogens is 1. The van der Waals surface area contributed by atoms with Crippen LogP contribution in [0.15, 0.2) is 23.7 Å². The quantitative estimate of drug-likeness (QED) is 0.668. The van der Waals surface area contributed by atoms with Gasteiger partial charge in [-0.3, -0.25) is 10.1 Å². The van der Waals surface area contributed by atoms with Crippen LogP contribution in [0.5, 0.6) is 0 Å². The van der Waals surface area contributed by atoms with Crippen molar-refractivity contribution in [1.29, 1.82) is 0 Å². The molecule has 1 unspecified atom stereocenters. The van der Waals surface area contributed by atoms with E-state index in [1.807, 2.05) is 18.4 Å². The van der Waals surface area contributed by atoms with Gasteiger partial charge >= 0.3 is 5.00 Å². The second kappa shape index (κ2) is 5.24. The van der Waals surface area contributed by atoms with Crippen LogP contribution < -0.4 is 5.32 Å². The molecule has 0 radical (unpaired) electrons. The SMILES string of the molecule is CC(Cc1cccs1)Nc1ncc([N+](=O)[O-])s1. The van der Waals surface area contributed by atoms with Crippen LogP contribution in [0.25, 0.3) is 0 Å². The van der Waals surface area contributed by atoms with Crippen LogP contribution in [0.2, 0.25) is 0 Å². The molecule has 0 aromatic carbocycles. The van der Waals surface area contributed by atoms with Crippen molar-refractivity contribution in [3.8, 4) is 0 Å². The molecule has 1 N–H and O–H groups in total. The van der Waals surface area contributed by atoms with Crippen molar-refractivity contribution >= 4 is 32.8 Å². The summed E-state index contributed by atoms with van der Waals surface area (Å²) in [5.41, 5.74) is 0. The summed E-state index contributed by atoms with van der Waals surface area (Å²) < 4.78 is 0. The molecule has 0 bridgehead atoms. The zero-order chi connectivity index (χ0) is 12.3. The molecule has 0 saturated heterocycles. The van der Waals surface area contributed by atoms with Gasteiger partial charge in [-0.1, -0.05) is 6.07 Å². The minimum atomic E-state index is -0.424. The van der Waals surface area contributed by atoms with Gasteiger partial charge in [0.1, 0.15) is 6.20 Å². The fourth-order valence-corrected chi connectivity index (χ4v) is 2.99. The third-order valence-corrected chi connectivity index (χ3v) is 3.91. The van der Waals surface area contributed by atoms with Crippen LogP contribution >= 0.6 is 22.7 Å². The maximum absolute atomic E-state index is 10.5. The van der Waals surface area contributed by atoms with E-state index in [2.05, 4.69) is 16.4 Å². The summed E-state index contributed by atoms with van der Waals surface area (Å²) in [6.45, 7) is 2.03. The van der Waals surface area contributed by atoms with Gasteiger partial charge in [-0.05, 0) is 29.7 Å². The van der Waals surface area contributed by atoms with E-state index in [0.717, 1.165) is 17.8 Å². The van der Waals surface area contributed by atoms with Gasteiger partial charge in [-0.2, -0.15) is 0 Å². The van der Waals surface area contributed by atoms with Crippen molar-refractivity contribution in [2.24, 2.45) is 0 Å². The van der Waals surface area contributed by atoms with Crippen molar-refractivity contribution in [2.75, 3.05) is 5.32 Å². The Hall–Kier alpha value is -1.47. The van der Waals surface area contributed by atoms with E-state index in [1.54, 1.807) is 11.3 Å². The Balaban J connectivity index is 1.93. The minimum Gasteiger partial charge on any atom is -0.359 e. The van der Waals surface area contributed by atoms with Crippen molar-refractivity contribution in [3.05, 3.63) is 38.7 Å². The average molecular weight is 269 g/mol. The third kappa shape index (κ3) is 3.24. The molecule has 7 heteroatoms. The number of nitro groups is 1. The normalized spacial score (nSPS) is 12.3. The van der Waals surface area contributed by atoms with Crippen LogP contribution in [-0.4, -0.2) is 15.9 Å². The highest BCUT2D eigenvalue weighted by atomic mass is 32.1. The molecular weight excluding hydrogens is 258 g/mol. The highest BCUT2D eigenvalue weighted by Crippen LogP contribution is 2.26. The standard InChI is InChI=1S/C10H11N3O2S2/c1-7(5-8-3-2-4-16-8)12-10-11-6-9(17-10)13(14)15/h2-4,6-7H,5H2,1H3,(H,11,12). The van der Waals surface area contributed by atoms with Crippen molar-refractivity contribution in [1.82, 2.24) is 4.98 Å². The Morgan fingerprint density at radius 2 is 2.47 bits per heavy atom. The zero-order valence-electron chi connectivity index (χ0n) is 9.12. The Morgan fingerprint density at radius 1 is 1.65 bits per heavy atom. The van der Waals surface area contributed by atoms with Crippen LogP contribution in [0.3, 0.4) is 0 Å². The number of nitrogens with zero attached hydrogens (tertiary/aromatic N) is 2. The van der Waals surface area contributed by atoms with Crippen molar-refractivity contribution < 1.29 is 4.92 Å². The van der Waals surface area contributed by atoms with E-state index in [1.165, 1.54) is 11.1 Å². The summed E-state index contributed by atoms with van der Waals surface area (Å²) in [5, 5.41) is 16.4. The summed E-state index contributed by atoms with van der Waals surface area (Å²) in [5.74, 6) is 0. The second-order valence-electron chi connectivity index (χ2n) is 3.59. The van der Waals surface area contributed by atoms with E-state index in [0.29, 0.717) is 5.13 Å². The first-order valence-electron chi connectivity index (χ1n) is 5.04. The van der Waals surface area contributed by atoms with Gasteiger partial charge < -0.3 is 5.32 Å². The van der Waals surface area contributed by atoms with Crippen LogP contribution in [0, 0.1) is 10.1 Å². The van der Waals surface area contributed by atoms with E-state index >= 15 is 0 Å². The van der Waals surface area contributed by atoms with Gasteiger partial charge in [0.2, 0.25) is 0 Å². The number of anilines is 1. The lowest BCUT2D eigenvalue weighted by Gasteiger charge is -2.10. The van der Waals surface area contributed by atoms with Crippen LogP contribution in [0.1, 0.15) is 11.8 Å². The fourth-order valence-electron chi connectivity index (χ4n) is 1.41. The molecule has 0 saturated carbocycles. The smallest absolute Gasteiger partial charge is 0.345 e. The second-order valence-corrected chi connectivity index (χ2v) is 5.63. The first-order valence-corrected chi connectivity index (χ1v) is 6.74. The van der Waals surface area contributed by atoms with E-state index < -0.39 is 4.92 Å². The molecule has 0 amide bonds. The van der Waals surface area contributed by atoms with Crippen LogP contribution in [0.4, 0.5) is 10.1 Å². The zero-order valence-corrected chi connectivity index (χ0v) is 10.8. The molecule has 90 valence electrons. The Kier molecular flexibility index (Phi) is 3.70. The highest BCUT2D eigenvalue weighted by Gasteiger charge is 2.13. The predicted molar refractivity (Wildman–Crippen MR) is 69.9 cm³/mol. The number of rotatable bonds is 5. The summed E-state index contributed by atoms with van der Waals surface area (Å²) >= 11 is 2.77. The van der Waals surface area contributed by atoms with Crippen molar-refractivity contribution in [3.63, 3.8) is 0 Å². The van der Waals surface area contributed by atoms with Gasteiger partial charge in [0.05, 0.1) is 4.92 Å². The maximum atomic E-state index is 10.5. The van der Waals surface area contributed by atoms with Crippen LogP contribution in [-0.2, 0) is 6.42 Å². The molecule has 0 aliphatic rings. The van der Waals surface area contributed by atoms with Crippen molar-refractivity contribution in [2.45, 2.75) is 19.4 Å². The van der Waals surface area contributed by atoms with Gasteiger partial charge in [0, 0.05) is 17.3 Å². The van der Waals surface area contributed by atoms with Gasteiger partial charge in [-0.25, -0.2) is 4.98 Å². The summed E-state index contributed by atoms with van der Waals surface area (Å²) in [7, 11) is 0. The first-order chi connectivity index (χ1) is 8.15. The molecule has 2 aromatic heterocycles. The maximum Gasteiger partial charge on any atom is 0.345 e. The predicted octanol–water partition coefficient (Wildman–Crippen LogP) is 3.16. The highest BCUT2D eigenvalue weighted by molar-refractivity contribution is 7.18. The number of thiazole rings is 1. The molecule has 5 nitrogen and oxygen atoms in total. The lowest BCUT2D eigenvalue weighted by molar-refractivity contribution is -0.380. The van der Waals surface area contributed by atoms with E-state index in [-0.39, 0.29) is 11.0 Å². The lowest BCUT2D eigenvalue weighted by Crippen LogP contribution is -2.17. The molecule has 17 heavy (non-hydrogen) atoms. The number of hydrogen-bond donors (Lipinski definition) is 1. The molecule has 0 fully saturated rings. The molecule has 1 atom stereocenters. The average Bonchev–Trinajstić information content (AvgIpc) is 2.88. The molecule has 0 spiro atoms. The Bertz CT molecular complexity index is 495. The van der Waals surface area contributed by atoms with E-state index in [9.17, 15) is 10.1 Å². The molecule has 2 aromatic rings. The molecule has 2 heterocycles. The van der Waals surface area contributed by atoms with E-state index in [4.69, 9.17) is 0 Å². The third-order valence-electron chi connectivity index (χ3n) is 2.13. The molecule has 0 aliphatic carbocycles. The summed E-state index contributed by atoms with van der Waals surface area (Å²) in [6.07, 6.45) is 2.18. The Morgan fingerprint density at radius 3 is 3.06 bits per heavy atom. The molecular formula is C10H11N3O2S2. The first kappa shape index (κ1) is 12.0. The molecule has 0 aliphatic heterocycles. The number of hydrogen-bond acceptors (Lipinski definition) is 6. The Labute approximate surface area is 106 Å². The number of thiophene rings is 1. The minimum absolute atomic E-state index is 0.0656. The fraction of sp³-hybridized carbons (Fsp3) is 0.300. The monoisotopic (exact) mass is 269 g/mol. The largest absolute Gasteiger partial charge is 0.359 e. The molecule has 2 rings (SSSR count). The number of nitrogens with one attached hydrogen (secondary N) is 1. The summed E-state index contributed by atoms with van der Waals surface area (Å²) in [4.78, 5) is 15.3.